The Morgan fingerprint density at radius 2 is 1.86 bits per heavy atom. The highest BCUT2D eigenvalue weighted by atomic mass is 32.1. The lowest BCUT2D eigenvalue weighted by Crippen LogP contribution is -2.21. The molecule has 1 fully saturated rings. The highest BCUT2D eigenvalue weighted by molar-refractivity contribution is 7.18. The van der Waals surface area contributed by atoms with Crippen LogP contribution in [0.4, 0.5) is 5.69 Å². The summed E-state index contributed by atoms with van der Waals surface area (Å²) in [4.78, 5) is 7.76. The monoisotopic (exact) mass is 506 g/mol. The summed E-state index contributed by atoms with van der Waals surface area (Å²) < 4.78 is 30.2. The largest absolute Gasteiger partial charge is 0.497 e. The van der Waals surface area contributed by atoms with Crippen LogP contribution in [0.3, 0.4) is 0 Å². The Labute approximate surface area is 211 Å². The predicted molar refractivity (Wildman–Crippen MR) is 138 cm³/mol. The molecule has 0 bridgehead atoms. The van der Waals surface area contributed by atoms with Gasteiger partial charge in [0.1, 0.15) is 28.5 Å². The van der Waals surface area contributed by atoms with E-state index in [9.17, 15) is 0 Å². The number of methoxy groups -OCH3 is 3. The number of furan rings is 1. The predicted octanol–water partition coefficient (Wildman–Crippen LogP) is 5.14. The zero-order valence-electron chi connectivity index (χ0n) is 20.3. The van der Waals surface area contributed by atoms with E-state index in [-0.39, 0.29) is 0 Å². The smallest absolute Gasteiger partial charge is 0.294 e. The first-order chi connectivity index (χ1) is 17.6. The van der Waals surface area contributed by atoms with Crippen LogP contribution in [0.15, 0.2) is 53.1 Å². The molecular formula is C26H26N4O5S. The molecule has 0 unspecified atom stereocenters. The van der Waals surface area contributed by atoms with E-state index >= 15 is 0 Å². The van der Waals surface area contributed by atoms with Gasteiger partial charge in [-0.25, -0.2) is 9.50 Å². The first kappa shape index (κ1) is 22.5. The molecular weight excluding hydrogens is 480 g/mol. The number of hydrogen-bond acceptors (Lipinski definition) is 9. The fourth-order valence-electron chi connectivity index (χ4n) is 4.53. The van der Waals surface area contributed by atoms with Gasteiger partial charge in [-0.15, -0.1) is 5.10 Å². The van der Waals surface area contributed by atoms with Crippen LogP contribution in [0.25, 0.3) is 27.4 Å². The second-order valence-corrected chi connectivity index (χ2v) is 9.60. The molecule has 0 spiro atoms. The van der Waals surface area contributed by atoms with Crippen molar-refractivity contribution in [1.29, 1.82) is 0 Å². The number of rotatable bonds is 8. The maximum absolute atomic E-state index is 6.35. The second kappa shape index (κ2) is 9.27. The summed E-state index contributed by atoms with van der Waals surface area (Å²) in [7, 11) is 4.92. The van der Waals surface area contributed by atoms with Gasteiger partial charge in [0.25, 0.3) is 5.19 Å². The lowest BCUT2D eigenvalue weighted by atomic mass is 10.1. The number of aromatic nitrogens is 3. The van der Waals surface area contributed by atoms with Crippen LogP contribution in [0.1, 0.15) is 6.42 Å². The van der Waals surface area contributed by atoms with E-state index in [1.54, 1.807) is 25.8 Å². The molecule has 4 heterocycles. The van der Waals surface area contributed by atoms with Crippen molar-refractivity contribution in [3.05, 3.63) is 48.7 Å². The van der Waals surface area contributed by atoms with Gasteiger partial charge in [-0.3, -0.25) is 0 Å². The first-order valence-corrected chi connectivity index (χ1v) is 12.5. The van der Waals surface area contributed by atoms with Crippen molar-refractivity contribution >= 4 is 33.0 Å². The topological polar surface area (TPSA) is 83.5 Å². The summed E-state index contributed by atoms with van der Waals surface area (Å²) in [6.45, 7) is 2.55. The van der Waals surface area contributed by atoms with Crippen molar-refractivity contribution in [3.8, 4) is 33.9 Å². The van der Waals surface area contributed by atoms with Crippen molar-refractivity contribution in [2.24, 2.45) is 5.92 Å². The van der Waals surface area contributed by atoms with Gasteiger partial charge in [0.05, 0.1) is 39.5 Å². The molecule has 186 valence electrons. The zero-order valence-corrected chi connectivity index (χ0v) is 21.1. The number of ether oxygens (including phenoxy) is 4. The van der Waals surface area contributed by atoms with Crippen LogP contribution >= 0.6 is 11.3 Å². The van der Waals surface area contributed by atoms with E-state index < -0.39 is 0 Å². The third kappa shape index (κ3) is 4.17. The molecule has 6 rings (SSSR count). The van der Waals surface area contributed by atoms with E-state index in [1.165, 1.54) is 17.0 Å². The van der Waals surface area contributed by atoms with Crippen LogP contribution in [0, 0.1) is 5.92 Å². The summed E-state index contributed by atoms with van der Waals surface area (Å²) in [5.41, 5.74) is 2.59. The third-order valence-corrected chi connectivity index (χ3v) is 7.34. The molecule has 1 atom stereocenters. The normalized spacial score (nSPS) is 15.6. The Bertz CT molecular complexity index is 1470. The molecule has 1 saturated heterocycles. The number of anilines is 1. The van der Waals surface area contributed by atoms with Crippen LogP contribution in [0.2, 0.25) is 0 Å². The standard InChI is InChI=1S/C26H26N4O5S/c1-31-18-6-4-17(5-7-18)29-9-8-16(13-29)15-34-22-10-19(32-2)11-23-20(22)12-24(35-23)21-14-30-25(27-21)36-26(28-30)33-3/h4-7,10-12,14,16H,8-9,13,15H2,1-3H3/t16-/m1/s1. The lowest BCUT2D eigenvalue weighted by molar-refractivity contribution is 0.263. The average molecular weight is 507 g/mol. The van der Waals surface area contributed by atoms with E-state index in [4.69, 9.17) is 23.4 Å². The van der Waals surface area contributed by atoms with Crippen LogP contribution in [-0.2, 0) is 0 Å². The van der Waals surface area contributed by atoms with Crippen molar-refractivity contribution in [2.45, 2.75) is 6.42 Å². The number of hydrogen-bond donors (Lipinski definition) is 0. The van der Waals surface area contributed by atoms with Crippen molar-refractivity contribution < 1.29 is 23.4 Å². The molecule has 0 saturated carbocycles. The average Bonchev–Trinajstić information content (AvgIpc) is 3.69. The molecule has 1 aliphatic rings. The summed E-state index contributed by atoms with van der Waals surface area (Å²) in [6, 6.07) is 13.9. The van der Waals surface area contributed by atoms with Gasteiger partial charge >= 0.3 is 0 Å². The summed E-state index contributed by atoms with van der Waals surface area (Å²) >= 11 is 1.37. The SMILES string of the molecule is COc1ccc(N2CC[C@@H](COc3cc(OC)cc4oc(-c5cn6nc(OC)sc6n5)cc34)C2)cc1. The minimum absolute atomic E-state index is 0.417. The van der Waals surface area contributed by atoms with E-state index in [1.807, 2.05) is 36.5 Å². The van der Waals surface area contributed by atoms with Gasteiger partial charge in [0, 0.05) is 36.8 Å². The molecule has 2 aromatic carbocycles. The molecule has 0 amide bonds. The van der Waals surface area contributed by atoms with Gasteiger partial charge in [-0.05, 0) is 48.1 Å². The van der Waals surface area contributed by atoms with Crippen LogP contribution in [0.5, 0.6) is 22.4 Å². The van der Waals surface area contributed by atoms with Gasteiger partial charge < -0.3 is 28.3 Å². The number of benzene rings is 2. The molecule has 3 aromatic heterocycles. The van der Waals surface area contributed by atoms with Crippen LogP contribution < -0.4 is 23.8 Å². The van der Waals surface area contributed by atoms with Gasteiger partial charge in [0.15, 0.2) is 5.76 Å². The highest BCUT2D eigenvalue weighted by Crippen LogP contribution is 2.38. The van der Waals surface area contributed by atoms with Crippen molar-refractivity contribution in [2.75, 3.05) is 45.9 Å². The Kier molecular flexibility index (Phi) is 5.80. The third-order valence-electron chi connectivity index (χ3n) is 6.46. The van der Waals surface area contributed by atoms with E-state index in [2.05, 4.69) is 27.1 Å². The summed E-state index contributed by atoms with van der Waals surface area (Å²) in [5.74, 6) is 3.35. The Morgan fingerprint density at radius 1 is 1.03 bits per heavy atom. The number of nitrogens with zero attached hydrogens (tertiary/aromatic N) is 4. The molecule has 36 heavy (non-hydrogen) atoms. The fourth-order valence-corrected chi connectivity index (χ4v) is 5.23. The first-order valence-electron chi connectivity index (χ1n) is 11.7. The molecule has 9 nitrogen and oxygen atoms in total. The second-order valence-electron chi connectivity index (χ2n) is 8.68. The molecule has 10 heteroatoms. The van der Waals surface area contributed by atoms with Crippen molar-refractivity contribution in [3.63, 3.8) is 0 Å². The van der Waals surface area contributed by atoms with Crippen molar-refractivity contribution in [1.82, 2.24) is 14.6 Å². The minimum Gasteiger partial charge on any atom is -0.497 e. The zero-order chi connectivity index (χ0) is 24.6. The maximum atomic E-state index is 6.35. The fraction of sp³-hybridized carbons (Fsp3) is 0.308. The highest BCUT2D eigenvalue weighted by Gasteiger charge is 2.24. The van der Waals surface area contributed by atoms with Gasteiger partial charge in [-0.1, -0.05) is 0 Å². The quantitative estimate of drug-likeness (QED) is 0.286. The Hall–Kier alpha value is -3.92. The summed E-state index contributed by atoms with van der Waals surface area (Å²) in [6.07, 6.45) is 2.90. The number of imidazole rings is 1. The maximum Gasteiger partial charge on any atom is 0.294 e. The molecule has 1 aliphatic heterocycles. The Morgan fingerprint density at radius 3 is 2.61 bits per heavy atom. The minimum atomic E-state index is 0.417. The summed E-state index contributed by atoms with van der Waals surface area (Å²) in [5, 5.41) is 5.79. The van der Waals surface area contributed by atoms with Gasteiger partial charge in [0.2, 0.25) is 4.96 Å². The molecule has 0 N–H and O–H groups in total. The number of fused-ring (bicyclic) bond motifs is 2. The molecule has 5 aromatic rings. The molecule has 0 radical (unpaired) electrons. The van der Waals surface area contributed by atoms with Crippen LogP contribution in [-0.4, -0.2) is 55.6 Å². The van der Waals surface area contributed by atoms with Gasteiger partial charge in [-0.2, -0.15) is 0 Å². The lowest BCUT2D eigenvalue weighted by Gasteiger charge is -2.19. The Balaban J connectivity index is 1.20. The van der Waals surface area contributed by atoms with E-state index in [0.29, 0.717) is 40.5 Å². The van der Waals surface area contributed by atoms with E-state index in [0.717, 1.165) is 41.4 Å². The molecule has 0 aliphatic carbocycles.